The van der Waals surface area contributed by atoms with E-state index in [0.29, 0.717) is 27.6 Å². The van der Waals surface area contributed by atoms with E-state index in [2.05, 4.69) is 4.98 Å². The summed E-state index contributed by atoms with van der Waals surface area (Å²) < 4.78 is 42.1. The number of fused-ring (bicyclic) bond motifs is 1. The van der Waals surface area contributed by atoms with Gasteiger partial charge in [-0.3, -0.25) is 4.79 Å². The third kappa shape index (κ3) is 3.29. The Morgan fingerprint density at radius 2 is 1.83 bits per heavy atom. The van der Waals surface area contributed by atoms with Gasteiger partial charge in [0.2, 0.25) is 5.89 Å². The fourth-order valence-electron chi connectivity index (χ4n) is 1.92. The molecule has 0 unspecified atom stereocenters. The molecule has 0 bridgehead atoms. The summed E-state index contributed by atoms with van der Waals surface area (Å²) in [6.45, 7) is 0. The van der Waals surface area contributed by atoms with Crippen LogP contribution in [0.25, 0.3) is 22.6 Å². The summed E-state index contributed by atoms with van der Waals surface area (Å²) in [4.78, 5) is 15.1. The number of halogens is 4. The van der Waals surface area contributed by atoms with E-state index >= 15 is 0 Å². The maximum absolute atomic E-state index is 12.2. The number of oxazole rings is 1. The molecule has 3 rings (SSSR count). The van der Waals surface area contributed by atoms with Crippen molar-refractivity contribution in [1.82, 2.24) is 4.98 Å². The molecule has 4 nitrogen and oxygen atoms in total. The number of carbonyl (C=O) groups is 1. The van der Waals surface area contributed by atoms with Gasteiger partial charge in [-0.2, -0.15) is 13.2 Å². The van der Waals surface area contributed by atoms with Gasteiger partial charge in [-0.25, -0.2) is 4.98 Å². The average Bonchev–Trinajstić information content (AvgIpc) is 2.90. The number of nitrogens with zero attached hydrogens (tertiary/aromatic N) is 1. The summed E-state index contributed by atoms with van der Waals surface area (Å²) in [6, 6.07) is 10.7. The number of amides is 1. The highest BCUT2D eigenvalue weighted by Crippen LogP contribution is 2.27. The van der Waals surface area contributed by atoms with Gasteiger partial charge in [0.25, 0.3) is 0 Å². The largest absolute Gasteiger partial charge is 0.471 e. The van der Waals surface area contributed by atoms with Crippen LogP contribution in [0.1, 0.15) is 0 Å². The van der Waals surface area contributed by atoms with Crippen molar-refractivity contribution >= 4 is 34.3 Å². The molecule has 0 aliphatic carbocycles. The van der Waals surface area contributed by atoms with Crippen molar-refractivity contribution in [3.05, 3.63) is 47.5 Å². The van der Waals surface area contributed by atoms with E-state index in [9.17, 15) is 18.0 Å². The molecule has 1 aromatic heterocycles. The predicted molar refractivity (Wildman–Crippen MR) is 79.1 cm³/mol. The van der Waals surface area contributed by atoms with Gasteiger partial charge in [-0.05, 0) is 36.4 Å². The van der Waals surface area contributed by atoms with E-state index in [1.165, 1.54) is 24.3 Å². The van der Waals surface area contributed by atoms with E-state index in [4.69, 9.17) is 16.0 Å². The molecule has 0 radical (unpaired) electrons. The van der Waals surface area contributed by atoms with E-state index in [-0.39, 0.29) is 5.69 Å². The fraction of sp³-hybridized carbons (Fsp3) is 0.0667. The van der Waals surface area contributed by atoms with Gasteiger partial charge >= 0.3 is 12.1 Å². The Morgan fingerprint density at radius 3 is 2.48 bits per heavy atom. The third-order valence-electron chi connectivity index (χ3n) is 3.00. The topological polar surface area (TPSA) is 55.1 Å². The Kier molecular flexibility index (Phi) is 3.73. The van der Waals surface area contributed by atoms with Crippen LogP contribution in [0.4, 0.5) is 18.9 Å². The molecule has 0 saturated heterocycles. The molecule has 0 aliphatic rings. The molecule has 0 fully saturated rings. The van der Waals surface area contributed by atoms with Gasteiger partial charge in [-0.15, -0.1) is 0 Å². The van der Waals surface area contributed by atoms with E-state index in [0.717, 1.165) is 0 Å². The zero-order valence-corrected chi connectivity index (χ0v) is 12.1. The summed E-state index contributed by atoms with van der Waals surface area (Å²) >= 11 is 5.86. The molecular weight excluding hydrogens is 333 g/mol. The molecule has 118 valence electrons. The number of carbonyl (C=O) groups excluding carboxylic acids is 1. The number of rotatable bonds is 2. The highest BCUT2D eigenvalue weighted by molar-refractivity contribution is 6.31. The average molecular weight is 341 g/mol. The second-order valence-corrected chi connectivity index (χ2v) is 5.10. The van der Waals surface area contributed by atoms with Crippen LogP contribution >= 0.6 is 11.6 Å². The summed E-state index contributed by atoms with van der Waals surface area (Å²) in [6.07, 6.45) is -4.93. The molecule has 0 aliphatic heterocycles. The quantitative estimate of drug-likeness (QED) is 0.738. The number of aromatic nitrogens is 1. The highest BCUT2D eigenvalue weighted by Gasteiger charge is 2.38. The molecule has 3 aromatic rings. The minimum atomic E-state index is -4.93. The molecule has 1 heterocycles. The van der Waals surface area contributed by atoms with Crippen LogP contribution in [-0.4, -0.2) is 17.1 Å². The van der Waals surface area contributed by atoms with Crippen LogP contribution in [0.5, 0.6) is 0 Å². The summed E-state index contributed by atoms with van der Waals surface area (Å²) in [5.41, 5.74) is 1.69. The van der Waals surface area contributed by atoms with Crippen molar-refractivity contribution in [2.45, 2.75) is 6.18 Å². The Hall–Kier alpha value is -2.54. The first-order chi connectivity index (χ1) is 10.8. The second kappa shape index (κ2) is 5.58. The van der Waals surface area contributed by atoms with Gasteiger partial charge in [0.1, 0.15) is 5.52 Å². The molecule has 1 N–H and O–H groups in total. The van der Waals surface area contributed by atoms with Crippen LogP contribution < -0.4 is 5.32 Å². The number of hydrogen-bond donors (Lipinski definition) is 1. The monoisotopic (exact) mass is 340 g/mol. The standard InChI is InChI=1S/C15H8ClF3N2O2/c16-9-3-6-11-12(7-9)23-13(21-11)8-1-4-10(5-2-8)20-14(22)15(17,18)19/h1-7H,(H,20,22). The molecular formula is C15H8ClF3N2O2. The molecule has 1 amide bonds. The molecule has 23 heavy (non-hydrogen) atoms. The minimum absolute atomic E-state index is 0.0234. The van der Waals surface area contributed by atoms with Crippen molar-refractivity contribution < 1.29 is 22.4 Å². The third-order valence-corrected chi connectivity index (χ3v) is 3.23. The second-order valence-electron chi connectivity index (χ2n) is 4.66. The zero-order chi connectivity index (χ0) is 16.6. The van der Waals surface area contributed by atoms with Crippen molar-refractivity contribution in [3.8, 4) is 11.5 Å². The Bertz CT molecular complexity index is 873. The normalized spacial score (nSPS) is 11.7. The lowest BCUT2D eigenvalue weighted by molar-refractivity contribution is -0.167. The van der Waals surface area contributed by atoms with Crippen molar-refractivity contribution in [3.63, 3.8) is 0 Å². The highest BCUT2D eigenvalue weighted by atomic mass is 35.5. The number of hydrogen-bond acceptors (Lipinski definition) is 3. The van der Waals surface area contributed by atoms with E-state index in [1.54, 1.807) is 23.5 Å². The summed E-state index contributed by atoms with van der Waals surface area (Å²) in [5, 5.41) is 2.27. The van der Waals surface area contributed by atoms with Crippen molar-refractivity contribution in [2.24, 2.45) is 0 Å². The van der Waals surface area contributed by atoms with Gasteiger partial charge in [0.05, 0.1) is 0 Å². The first kappa shape index (κ1) is 15.4. The van der Waals surface area contributed by atoms with Crippen molar-refractivity contribution in [1.29, 1.82) is 0 Å². The van der Waals surface area contributed by atoms with Crippen LogP contribution in [0, 0.1) is 0 Å². The number of benzene rings is 2. The van der Waals surface area contributed by atoms with Crippen LogP contribution in [0.2, 0.25) is 5.02 Å². The lowest BCUT2D eigenvalue weighted by Crippen LogP contribution is -2.29. The van der Waals surface area contributed by atoms with E-state index in [1.807, 2.05) is 0 Å². The van der Waals surface area contributed by atoms with Gasteiger partial charge in [-0.1, -0.05) is 11.6 Å². The molecule has 2 aromatic carbocycles. The van der Waals surface area contributed by atoms with Crippen molar-refractivity contribution in [2.75, 3.05) is 5.32 Å². The van der Waals surface area contributed by atoms with Gasteiger partial charge < -0.3 is 9.73 Å². The Balaban J connectivity index is 1.85. The van der Waals surface area contributed by atoms with Crippen LogP contribution in [-0.2, 0) is 4.79 Å². The minimum Gasteiger partial charge on any atom is -0.436 e. The zero-order valence-electron chi connectivity index (χ0n) is 11.3. The Morgan fingerprint density at radius 1 is 1.13 bits per heavy atom. The number of nitrogens with one attached hydrogen (secondary N) is 1. The summed E-state index contributed by atoms with van der Waals surface area (Å²) in [7, 11) is 0. The SMILES string of the molecule is O=C(Nc1ccc(-c2nc3ccc(Cl)cc3o2)cc1)C(F)(F)F. The molecule has 0 spiro atoms. The smallest absolute Gasteiger partial charge is 0.436 e. The predicted octanol–water partition coefficient (Wildman–Crippen LogP) is 4.65. The fourth-order valence-corrected chi connectivity index (χ4v) is 2.08. The van der Waals surface area contributed by atoms with Crippen LogP contribution in [0.15, 0.2) is 46.9 Å². The van der Waals surface area contributed by atoms with Crippen LogP contribution in [0.3, 0.4) is 0 Å². The Labute approximate surface area is 132 Å². The molecule has 0 atom stereocenters. The first-order valence-electron chi connectivity index (χ1n) is 6.37. The molecule has 8 heteroatoms. The van der Waals surface area contributed by atoms with Gasteiger partial charge in [0.15, 0.2) is 5.58 Å². The number of anilines is 1. The van der Waals surface area contributed by atoms with E-state index < -0.39 is 12.1 Å². The number of alkyl halides is 3. The summed E-state index contributed by atoms with van der Waals surface area (Å²) in [5.74, 6) is -1.72. The lowest BCUT2D eigenvalue weighted by atomic mass is 10.2. The van der Waals surface area contributed by atoms with Gasteiger partial charge in [0, 0.05) is 22.3 Å². The lowest BCUT2D eigenvalue weighted by Gasteiger charge is -2.07. The molecule has 0 saturated carbocycles. The first-order valence-corrected chi connectivity index (χ1v) is 6.75. The maximum Gasteiger partial charge on any atom is 0.471 e. The maximum atomic E-state index is 12.2.